The van der Waals surface area contributed by atoms with Crippen LogP contribution >= 0.6 is 12.4 Å². The standard InChI is InChI=1S/C21H43NO.ClH/c1-3-5-6-7-8-9-10-11-12-13-14-15-17-20(16-4-2)21(22)18-19-23-21;/h20H,3-19,22H2,1-2H3;1H. The lowest BCUT2D eigenvalue weighted by Crippen LogP contribution is -2.57. The summed E-state index contributed by atoms with van der Waals surface area (Å²) < 4.78 is 5.67. The summed E-state index contributed by atoms with van der Waals surface area (Å²) in [4.78, 5) is 0. The lowest BCUT2D eigenvalue weighted by molar-refractivity contribution is -0.180. The minimum absolute atomic E-state index is 0. The summed E-state index contributed by atoms with van der Waals surface area (Å²) >= 11 is 0. The second-order valence-corrected chi connectivity index (χ2v) is 7.72. The number of ether oxygens (including phenoxy) is 1. The Hall–Kier alpha value is 0.210. The summed E-state index contributed by atoms with van der Waals surface area (Å²) in [6, 6.07) is 0. The quantitative estimate of drug-likeness (QED) is 0.300. The van der Waals surface area contributed by atoms with E-state index in [9.17, 15) is 0 Å². The Morgan fingerprint density at radius 2 is 1.21 bits per heavy atom. The Balaban J connectivity index is 0.00000529. The zero-order valence-electron chi connectivity index (χ0n) is 16.5. The summed E-state index contributed by atoms with van der Waals surface area (Å²) in [5, 5.41) is 0. The molecule has 1 rings (SSSR count). The highest BCUT2D eigenvalue weighted by Crippen LogP contribution is 2.35. The Labute approximate surface area is 158 Å². The molecule has 0 aromatic rings. The number of halogens is 1. The number of hydrogen-bond donors (Lipinski definition) is 1. The highest BCUT2D eigenvalue weighted by molar-refractivity contribution is 5.85. The van der Waals surface area contributed by atoms with Gasteiger partial charge in [0, 0.05) is 12.3 Å². The second kappa shape index (κ2) is 15.5. The normalized spacial score (nSPS) is 21.1. The molecular formula is C21H44ClNO. The summed E-state index contributed by atoms with van der Waals surface area (Å²) in [5.41, 5.74) is 6.08. The Morgan fingerprint density at radius 1 is 0.750 bits per heavy atom. The smallest absolute Gasteiger partial charge is 0.121 e. The van der Waals surface area contributed by atoms with Crippen molar-refractivity contribution >= 4 is 12.4 Å². The van der Waals surface area contributed by atoms with E-state index in [0.717, 1.165) is 13.0 Å². The highest BCUT2D eigenvalue weighted by atomic mass is 35.5. The summed E-state index contributed by atoms with van der Waals surface area (Å²) in [6.07, 6.45) is 21.8. The Bertz CT molecular complexity index is 269. The van der Waals surface area contributed by atoms with Gasteiger partial charge in [-0.3, -0.25) is 0 Å². The van der Waals surface area contributed by atoms with Crippen LogP contribution in [-0.4, -0.2) is 12.3 Å². The first-order valence-electron chi connectivity index (χ1n) is 10.7. The Kier molecular flexibility index (Phi) is 15.6. The van der Waals surface area contributed by atoms with Gasteiger partial charge < -0.3 is 10.5 Å². The van der Waals surface area contributed by atoms with Gasteiger partial charge in [0.2, 0.25) is 0 Å². The molecule has 0 radical (unpaired) electrons. The van der Waals surface area contributed by atoms with Gasteiger partial charge in [0.15, 0.2) is 0 Å². The van der Waals surface area contributed by atoms with Gasteiger partial charge in [-0.15, -0.1) is 12.4 Å². The van der Waals surface area contributed by atoms with Gasteiger partial charge in [0.25, 0.3) is 0 Å². The van der Waals surface area contributed by atoms with Crippen LogP contribution in [0.5, 0.6) is 0 Å². The van der Waals surface area contributed by atoms with Crippen LogP contribution in [-0.2, 0) is 4.74 Å². The molecule has 24 heavy (non-hydrogen) atoms. The van der Waals surface area contributed by atoms with Gasteiger partial charge in [-0.05, 0) is 12.8 Å². The summed E-state index contributed by atoms with van der Waals surface area (Å²) in [7, 11) is 0. The SMILES string of the molecule is CCCCCCCCCCCCCCC(CCC)C1(N)CCO1.Cl. The minimum Gasteiger partial charge on any atom is -0.360 e. The highest BCUT2D eigenvalue weighted by Gasteiger charge is 2.40. The first-order valence-corrected chi connectivity index (χ1v) is 10.7. The maximum atomic E-state index is 6.35. The van der Waals surface area contributed by atoms with Crippen LogP contribution in [0, 0.1) is 5.92 Å². The number of unbranched alkanes of at least 4 members (excludes halogenated alkanes) is 11. The molecule has 2 N–H and O–H groups in total. The molecule has 0 aromatic heterocycles. The average Bonchev–Trinajstić information content (AvgIpc) is 2.52. The largest absolute Gasteiger partial charge is 0.360 e. The van der Waals surface area contributed by atoms with Crippen molar-refractivity contribution in [2.75, 3.05) is 6.61 Å². The molecule has 1 aliphatic rings. The van der Waals surface area contributed by atoms with E-state index in [1.807, 2.05) is 0 Å². The maximum absolute atomic E-state index is 6.35. The van der Waals surface area contributed by atoms with Crippen LogP contribution in [0.3, 0.4) is 0 Å². The van der Waals surface area contributed by atoms with Crippen LogP contribution < -0.4 is 5.73 Å². The fourth-order valence-electron chi connectivity index (χ4n) is 3.87. The molecule has 2 nitrogen and oxygen atoms in total. The van der Waals surface area contributed by atoms with Crippen molar-refractivity contribution in [3.05, 3.63) is 0 Å². The molecule has 1 aliphatic heterocycles. The van der Waals surface area contributed by atoms with Gasteiger partial charge >= 0.3 is 0 Å². The molecular weight excluding hydrogens is 318 g/mol. The van der Waals surface area contributed by atoms with Gasteiger partial charge in [-0.1, -0.05) is 97.3 Å². The fraction of sp³-hybridized carbons (Fsp3) is 1.00. The zero-order valence-corrected chi connectivity index (χ0v) is 17.3. The van der Waals surface area contributed by atoms with Crippen molar-refractivity contribution in [3.63, 3.8) is 0 Å². The van der Waals surface area contributed by atoms with E-state index >= 15 is 0 Å². The summed E-state index contributed by atoms with van der Waals surface area (Å²) in [5.74, 6) is 0.587. The van der Waals surface area contributed by atoms with E-state index in [4.69, 9.17) is 10.5 Å². The number of rotatable bonds is 16. The van der Waals surface area contributed by atoms with Crippen molar-refractivity contribution in [2.45, 2.75) is 122 Å². The zero-order chi connectivity index (χ0) is 16.8. The van der Waals surface area contributed by atoms with E-state index in [1.54, 1.807) is 0 Å². The maximum Gasteiger partial charge on any atom is 0.121 e. The molecule has 2 atom stereocenters. The molecule has 1 heterocycles. The van der Waals surface area contributed by atoms with E-state index in [2.05, 4.69) is 13.8 Å². The molecule has 146 valence electrons. The van der Waals surface area contributed by atoms with E-state index < -0.39 is 0 Å². The molecule has 0 aromatic carbocycles. The van der Waals surface area contributed by atoms with Crippen LogP contribution in [0.2, 0.25) is 0 Å². The second-order valence-electron chi connectivity index (χ2n) is 7.72. The molecule has 0 amide bonds. The fourth-order valence-corrected chi connectivity index (χ4v) is 3.87. The third kappa shape index (κ3) is 10.3. The third-order valence-electron chi connectivity index (χ3n) is 5.60. The van der Waals surface area contributed by atoms with Gasteiger partial charge in [-0.25, -0.2) is 0 Å². The molecule has 3 heteroatoms. The van der Waals surface area contributed by atoms with Crippen LogP contribution in [0.25, 0.3) is 0 Å². The van der Waals surface area contributed by atoms with Crippen LogP contribution in [0.15, 0.2) is 0 Å². The monoisotopic (exact) mass is 361 g/mol. The third-order valence-corrected chi connectivity index (χ3v) is 5.60. The molecule has 0 aliphatic carbocycles. The van der Waals surface area contributed by atoms with Crippen molar-refractivity contribution in [1.29, 1.82) is 0 Å². The van der Waals surface area contributed by atoms with Crippen LogP contribution in [0.4, 0.5) is 0 Å². The minimum atomic E-state index is -0.270. The predicted octanol–water partition coefficient (Wildman–Crippen LogP) is 6.99. The van der Waals surface area contributed by atoms with Crippen LogP contribution in [0.1, 0.15) is 117 Å². The van der Waals surface area contributed by atoms with E-state index in [-0.39, 0.29) is 18.1 Å². The lowest BCUT2D eigenvalue weighted by Gasteiger charge is -2.44. The first-order chi connectivity index (χ1) is 11.2. The van der Waals surface area contributed by atoms with Crippen molar-refractivity contribution in [1.82, 2.24) is 0 Å². The topological polar surface area (TPSA) is 35.2 Å². The first kappa shape index (κ1) is 24.2. The number of nitrogens with two attached hydrogens (primary N) is 1. The lowest BCUT2D eigenvalue weighted by atomic mass is 9.82. The van der Waals surface area contributed by atoms with Crippen molar-refractivity contribution in [2.24, 2.45) is 11.7 Å². The predicted molar refractivity (Wildman–Crippen MR) is 109 cm³/mol. The molecule has 0 saturated carbocycles. The molecule has 0 bridgehead atoms. The molecule has 1 fully saturated rings. The van der Waals surface area contributed by atoms with Gasteiger partial charge in [0.05, 0.1) is 6.61 Å². The van der Waals surface area contributed by atoms with Crippen molar-refractivity contribution < 1.29 is 4.74 Å². The Morgan fingerprint density at radius 3 is 1.58 bits per heavy atom. The van der Waals surface area contributed by atoms with Gasteiger partial charge in [0.1, 0.15) is 5.72 Å². The van der Waals surface area contributed by atoms with E-state index in [1.165, 1.54) is 96.3 Å². The van der Waals surface area contributed by atoms with Crippen molar-refractivity contribution in [3.8, 4) is 0 Å². The van der Waals surface area contributed by atoms with Gasteiger partial charge in [-0.2, -0.15) is 0 Å². The molecule has 1 saturated heterocycles. The molecule has 2 unspecified atom stereocenters. The average molecular weight is 362 g/mol. The number of hydrogen-bond acceptors (Lipinski definition) is 2. The molecule has 0 spiro atoms. The summed E-state index contributed by atoms with van der Waals surface area (Å²) in [6.45, 7) is 5.42. The van der Waals surface area contributed by atoms with E-state index in [0.29, 0.717) is 5.92 Å².